The van der Waals surface area contributed by atoms with Gasteiger partial charge in [0.15, 0.2) is 0 Å². The van der Waals surface area contributed by atoms with Crippen LogP contribution in [0.25, 0.3) is 0 Å². The number of ether oxygens (including phenoxy) is 1. The van der Waals surface area contributed by atoms with Crippen LogP contribution in [-0.2, 0) is 0 Å². The molecule has 1 aliphatic rings. The van der Waals surface area contributed by atoms with Gasteiger partial charge in [0.05, 0.1) is 11.0 Å². The van der Waals surface area contributed by atoms with Gasteiger partial charge in [-0.05, 0) is 32.0 Å². The Balaban J connectivity index is 1.76. The Morgan fingerprint density at radius 3 is 2.84 bits per heavy atom. The molecule has 6 nitrogen and oxygen atoms in total. The van der Waals surface area contributed by atoms with E-state index < -0.39 is 4.92 Å². The summed E-state index contributed by atoms with van der Waals surface area (Å²) in [4.78, 5) is 12.5. The lowest BCUT2D eigenvalue weighted by Gasteiger charge is -2.29. The Morgan fingerprint density at radius 1 is 1.42 bits per heavy atom. The highest BCUT2D eigenvalue weighted by atomic mass is 16.6. The Bertz CT molecular complexity index is 431. The fourth-order valence-electron chi connectivity index (χ4n) is 2.16. The third-order valence-electron chi connectivity index (χ3n) is 3.34. The van der Waals surface area contributed by atoms with E-state index >= 15 is 0 Å². The molecule has 2 rings (SSSR count). The highest BCUT2D eigenvalue weighted by Crippen LogP contribution is 2.19. The zero-order valence-electron chi connectivity index (χ0n) is 10.8. The molecule has 2 N–H and O–H groups in total. The SMILES string of the molecule is NC1CCN(CCOc2cccc([N+](=O)[O-])c2)CC1. The van der Waals surface area contributed by atoms with Crippen LogP contribution in [0, 0.1) is 10.1 Å². The average molecular weight is 265 g/mol. The molecule has 1 saturated heterocycles. The highest BCUT2D eigenvalue weighted by Gasteiger charge is 2.15. The van der Waals surface area contributed by atoms with E-state index in [1.54, 1.807) is 12.1 Å². The number of likely N-dealkylation sites (tertiary alicyclic amines) is 1. The van der Waals surface area contributed by atoms with Gasteiger partial charge in [0.2, 0.25) is 0 Å². The van der Waals surface area contributed by atoms with Crippen LogP contribution in [0.4, 0.5) is 5.69 Å². The van der Waals surface area contributed by atoms with E-state index in [4.69, 9.17) is 10.5 Å². The minimum absolute atomic E-state index is 0.0569. The summed E-state index contributed by atoms with van der Waals surface area (Å²) in [5.41, 5.74) is 5.90. The van der Waals surface area contributed by atoms with Crippen LogP contribution in [0.15, 0.2) is 24.3 Å². The van der Waals surface area contributed by atoms with Gasteiger partial charge in [0.25, 0.3) is 5.69 Å². The van der Waals surface area contributed by atoms with Gasteiger partial charge >= 0.3 is 0 Å². The molecule has 0 spiro atoms. The maximum Gasteiger partial charge on any atom is 0.273 e. The summed E-state index contributed by atoms with van der Waals surface area (Å²) in [5.74, 6) is 0.544. The minimum Gasteiger partial charge on any atom is -0.492 e. The second-order valence-electron chi connectivity index (χ2n) is 4.78. The molecule has 0 unspecified atom stereocenters. The predicted molar refractivity (Wildman–Crippen MR) is 72.2 cm³/mol. The van der Waals surface area contributed by atoms with Crippen molar-refractivity contribution in [2.45, 2.75) is 18.9 Å². The molecule has 0 atom stereocenters. The van der Waals surface area contributed by atoms with Crippen molar-refractivity contribution in [3.8, 4) is 5.75 Å². The number of hydrogen-bond acceptors (Lipinski definition) is 5. The van der Waals surface area contributed by atoms with Crippen LogP contribution >= 0.6 is 0 Å². The van der Waals surface area contributed by atoms with Crippen molar-refractivity contribution in [3.05, 3.63) is 34.4 Å². The molecule has 0 bridgehead atoms. The molecule has 6 heteroatoms. The quantitative estimate of drug-likeness (QED) is 0.642. The topological polar surface area (TPSA) is 81.6 Å². The van der Waals surface area contributed by atoms with Gasteiger partial charge in [-0.3, -0.25) is 15.0 Å². The summed E-state index contributed by atoms with van der Waals surface area (Å²) in [7, 11) is 0. The molecule has 0 aliphatic carbocycles. The minimum atomic E-state index is -0.418. The monoisotopic (exact) mass is 265 g/mol. The number of rotatable bonds is 5. The number of hydrogen-bond donors (Lipinski definition) is 1. The number of nitrogens with zero attached hydrogens (tertiary/aromatic N) is 2. The number of nitrogens with two attached hydrogens (primary N) is 1. The summed E-state index contributed by atoms with van der Waals surface area (Å²) in [5, 5.41) is 10.6. The molecule has 1 fully saturated rings. The first kappa shape index (κ1) is 13.8. The van der Waals surface area contributed by atoms with Gasteiger partial charge in [-0.2, -0.15) is 0 Å². The van der Waals surface area contributed by atoms with Crippen molar-refractivity contribution in [2.24, 2.45) is 5.73 Å². The average Bonchev–Trinajstić information content (AvgIpc) is 2.41. The maximum absolute atomic E-state index is 10.6. The summed E-state index contributed by atoms with van der Waals surface area (Å²) >= 11 is 0. The maximum atomic E-state index is 10.6. The fraction of sp³-hybridized carbons (Fsp3) is 0.538. The van der Waals surface area contributed by atoms with Crippen molar-refractivity contribution >= 4 is 5.69 Å². The second kappa shape index (κ2) is 6.49. The molecule has 1 aromatic rings. The summed E-state index contributed by atoms with van der Waals surface area (Å²) < 4.78 is 5.55. The molecule has 1 aromatic carbocycles. The summed E-state index contributed by atoms with van der Waals surface area (Å²) in [6.07, 6.45) is 2.05. The number of nitro benzene ring substituents is 1. The van der Waals surface area contributed by atoms with E-state index in [0.29, 0.717) is 18.4 Å². The van der Waals surface area contributed by atoms with Crippen LogP contribution in [0.1, 0.15) is 12.8 Å². The normalized spacial score (nSPS) is 17.3. The van der Waals surface area contributed by atoms with Crippen LogP contribution in [-0.4, -0.2) is 42.1 Å². The lowest BCUT2D eigenvalue weighted by atomic mass is 10.1. The first-order valence-electron chi connectivity index (χ1n) is 6.50. The summed E-state index contributed by atoms with van der Waals surface area (Å²) in [6.45, 7) is 3.37. The molecule has 0 amide bonds. The molecular formula is C13H19N3O3. The van der Waals surface area contributed by atoms with Gasteiger partial charge in [-0.15, -0.1) is 0 Å². The van der Waals surface area contributed by atoms with Crippen molar-refractivity contribution in [3.63, 3.8) is 0 Å². The fourth-order valence-corrected chi connectivity index (χ4v) is 2.16. The van der Waals surface area contributed by atoms with Crippen LogP contribution in [0.3, 0.4) is 0 Å². The number of nitro groups is 1. The Kier molecular flexibility index (Phi) is 4.70. The summed E-state index contributed by atoms with van der Waals surface area (Å²) in [6, 6.07) is 6.60. The van der Waals surface area contributed by atoms with Gasteiger partial charge in [-0.1, -0.05) is 6.07 Å². The van der Waals surface area contributed by atoms with Crippen molar-refractivity contribution in [1.29, 1.82) is 0 Å². The van der Waals surface area contributed by atoms with Gasteiger partial charge in [-0.25, -0.2) is 0 Å². The zero-order valence-corrected chi connectivity index (χ0v) is 10.8. The van der Waals surface area contributed by atoms with E-state index in [1.165, 1.54) is 12.1 Å². The highest BCUT2D eigenvalue weighted by molar-refractivity contribution is 5.37. The first-order chi connectivity index (χ1) is 9.15. The van der Waals surface area contributed by atoms with Crippen molar-refractivity contribution in [2.75, 3.05) is 26.2 Å². The third kappa shape index (κ3) is 4.18. The zero-order chi connectivity index (χ0) is 13.7. The van der Waals surface area contributed by atoms with Crippen LogP contribution < -0.4 is 10.5 Å². The molecule has 0 aromatic heterocycles. The van der Waals surface area contributed by atoms with E-state index in [1.807, 2.05) is 0 Å². The van der Waals surface area contributed by atoms with Crippen molar-refractivity contribution in [1.82, 2.24) is 4.90 Å². The molecule has 1 heterocycles. The van der Waals surface area contributed by atoms with E-state index in [0.717, 1.165) is 32.5 Å². The number of benzene rings is 1. The van der Waals surface area contributed by atoms with E-state index in [2.05, 4.69) is 4.90 Å². The second-order valence-corrected chi connectivity index (χ2v) is 4.78. The number of non-ortho nitro benzene ring substituents is 1. The lowest BCUT2D eigenvalue weighted by Crippen LogP contribution is -2.41. The van der Waals surface area contributed by atoms with Crippen molar-refractivity contribution < 1.29 is 9.66 Å². The smallest absolute Gasteiger partial charge is 0.273 e. The molecule has 104 valence electrons. The van der Waals surface area contributed by atoms with E-state index in [9.17, 15) is 10.1 Å². The van der Waals surface area contributed by atoms with Gasteiger partial charge in [0.1, 0.15) is 12.4 Å². The first-order valence-corrected chi connectivity index (χ1v) is 6.50. The van der Waals surface area contributed by atoms with Crippen LogP contribution in [0.2, 0.25) is 0 Å². The largest absolute Gasteiger partial charge is 0.492 e. The molecule has 0 radical (unpaired) electrons. The van der Waals surface area contributed by atoms with Crippen LogP contribution in [0.5, 0.6) is 5.75 Å². The molecular weight excluding hydrogens is 246 g/mol. The standard InChI is InChI=1S/C13H19N3O3/c14-11-4-6-15(7-5-11)8-9-19-13-3-1-2-12(10-13)16(17)18/h1-3,10-11H,4-9,14H2. The molecule has 19 heavy (non-hydrogen) atoms. The Hall–Kier alpha value is -1.66. The lowest BCUT2D eigenvalue weighted by molar-refractivity contribution is -0.384. The van der Waals surface area contributed by atoms with Gasteiger partial charge < -0.3 is 10.5 Å². The van der Waals surface area contributed by atoms with Gasteiger partial charge in [0, 0.05) is 18.7 Å². The van der Waals surface area contributed by atoms with E-state index in [-0.39, 0.29) is 5.69 Å². The third-order valence-corrected chi connectivity index (χ3v) is 3.34. The Labute approximate surface area is 112 Å². The Morgan fingerprint density at radius 2 is 2.16 bits per heavy atom. The predicted octanol–water partition coefficient (Wildman–Crippen LogP) is 1.40. The molecule has 1 aliphatic heterocycles. The number of piperidine rings is 1. The molecule has 0 saturated carbocycles.